The topological polar surface area (TPSA) is 122 Å². The number of hydrogen-bond acceptors (Lipinski definition) is 7. The summed E-state index contributed by atoms with van der Waals surface area (Å²) in [5.74, 6) is 6.25. The number of ether oxygens (including phenoxy) is 1. The molecule has 4 heterocycles. The molecule has 3 aliphatic rings. The number of nitrogens with one attached hydrogen (secondary N) is 1. The Hall–Kier alpha value is -1.68. The first-order chi connectivity index (χ1) is 13.8. The maximum absolute atomic E-state index is 13.0. The Morgan fingerprint density at radius 2 is 2.07 bits per heavy atom. The van der Waals surface area contributed by atoms with Gasteiger partial charge in [-0.25, -0.2) is 0 Å². The smallest absolute Gasteiger partial charge is 0.267 e. The molecule has 0 unspecified atom stereocenters. The molecule has 2 aromatic heterocycles. The number of rotatable bonds is 1. The quantitative estimate of drug-likeness (QED) is 0.286. The molecule has 3 fully saturated rings. The summed E-state index contributed by atoms with van der Waals surface area (Å²) in [6.45, 7) is 2.22. The highest BCUT2D eigenvalue weighted by Gasteiger charge is 2.48. The lowest BCUT2D eigenvalue weighted by molar-refractivity contribution is 0.127. The van der Waals surface area contributed by atoms with E-state index in [9.17, 15) is 9.90 Å². The zero-order valence-electron chi connectivity index (χ0n) is 16.1. The zero-order valence-corrected chi connectivity index (χ0v) is 18.3. The maximum atomic E-state index is 13.0. The molecule has 2 atom stereocenters. The molecule has 0 radical (unpaired) electrons. The van der Waals surface area contributed by atoms with Gasteiger partial charge in [0.1, 0.15) is 20.8 Å². The minimum atomic E-state index is -0.921. The molecule has 5 rings (SSSR count). The van der Waals surface area contributed by atoms with Crippen LogP contribution in [0.15, 0.2) is 4.79 Å². The summed E-state index contributed by atoms with van der Waals surface area (Å²) in [7, 11) is 1.72. The fraction of sp³-hybridized carbons (Fsp3) is 0.632. The van der Waals surface area contributed by atoms with Crippen LogP contribution < -0.4 is 16.2 Å². The molecule has 1 saturated carbocycles. The number of hydrogen-bond donors (Lipinski definition) is 3. The Balaban J connectivity index is 1.44. The number of nitrogens with zero attached hydrogens (tertiary/aromatic N) is 4. The third kappa shape index (κ3) is 3.15. The zero-order chi connectivity index (χ0) is 20.4. The van der Waals surface area contributed by atoms with Gasteiger partial charge in [-0.2, -0.15) is 10.1 Å². The number of nitrogens with two attached hydrogens (primary N) is 1. The molecule has 9 nitrogen and oxygen atoms in total. The van der Waals surface area contributed by atoms with Gasteiger partial charge < -0.3 is 20.5 Å². The van der Waals surface area contributed by atoms with Gasteiger partial charge in [-0.3, -0.25) is 14.5 Å². The number of piperidine rings is 1. The van der Waals surface area contributed by atoms with Gasteiger partial charge in [-0.1, -0.05) is 5.92 Å². The predicted octanol–water partition coefficient (Wildman–Crippen LogP) is 0.238. The summed E-state index contributed by atoms with van der Waals surface area (Å²) < 4.78 is 7.39. The molecule has 2 saturated heterocycles. The number of halogens is 1. The molecule has 0 amide bonds. The van der Waals surface area contributed by atoms with Gasteiger partial charge >= 0.3 is 0 Å². The van der Waals surface area contributed by atoms with Gasteiger partial charge in [0.15, 0.2) is 5.65 Å². The van der Waals surface area contributed by atoms with E-state index in [1.165, 1.54) is 0 Å². The van der Waals surface area contributed by atoms with Gasteiger partial charge in [-0.05, 0) is 54.2 Å². The summed E-state index contributed by atoms with van der Waals surface area (Å²) in [5, 5.41) is 17.3. The second kappa shape index (κ2) is 6.66. The summed E-state index contributed by atoms with van der Waals surface area (Å²) in [5.41, 5.74) is 6.04. The number of aromatic amines is 1. The van der Waals surface area contributed by atoms with Crippen LogP contribution >= 0.6 is 22.6 Å². The SMILES string of the molecule is Cn1c(N2CCC3(CC2)CO[C@@H](I)[C@H]3N)nc2[nH]nc(C#CC3(O)CC3)c2c1=O. The lowest BCUT2D eigenvalue weighted by Crippen LogP contribution is -2.51. The van der Waals surface area contributed by atoms with E-state index in [4.69, 9.17) is 10.5 Å². The third-order valence-corrected chi connectivity index (χ3v) is 7.61. The van der Waals surface area contributed by atoms with Crippen LogP contribution in [-0.2, 0) is 11.8 Å². The van der Waals surface area contributed by atoms with Crippen LogP contribution in [0.3, 0.4) is 0 Å². The summed E-state index contributed by atoms with van der Waals surface area (Å²) in [4.78, 5) is 19.8. The highest BCUT2D eigenvalue weighted by molar-refractivity contribution is 14.1. The maximum Gasteiger partial charge on any atom is 0.267 e. The van der Waals surface area contributed by atoms with Crippen LogP contribution in [-0.4, -0.2) is 60.3 Å². The molecule has 1 spiro atoms. The Bertz CT molecular complexity index is 1090. The minimum absolute atomic E-state index is 0.00509. The van der Waals surface area contributed by atoms with E-state index >= 15 is 0 Å². The first-order valence-corrected chi connectivity index (χ1v) is 11.0. The molecule has 0 aromatic carbocycles. The molecule has 29 heavy (non-hydrogen) atoms. The van der Waals surface area contributed by atoms with Crippen molar-refractivity contribution < 1.29 is 9.84 Å². The summed E-state index contributed by atoms with van der Waals surface area (Å²) in [6, 6.07) is 0.0273. The Labute approximate surface area is 181 Å². The first-order valence-electron chi connectivity index (χ1n) is 9.79. The number of aromatic nitrogens is 4. The van der Waals surface area contributed by atoms with Crippen molar-refractivity contribution in [2.75, 3.05) is 24.6 Å². The van der Waals surface area contributed by atoms with E-state index in [1.54, 1.807) is 11.6 Å². The highest BCUT2D eigenvalue weighted by atomic mass is 127. The monoisotopic (exact) mass is 510 g/mol. The van der Waals surface area contributed by atoms with Crippen molar-refractivity contribution in [2.24, 2.45) is 18.2 Å². The van der Waals surface area contributed by atoms with E-state index in [2.05, 4.69) is 54.5 Å². The molecule has 154 valence electrons. The number of aliphatic hydroxyl groups is 1. The van der Waals surface area contributed by atoms with Crippen molar-refractivity contribution in [1.29, 1.82) is 0 Å². The first kappa shape index (κ1) is 19.3. The van der Waals surface area contributed by atoms with Crippen molar-refractivity contribution in [1.82, 2.24) is 19.7 Å². The highest BCUT2D eigenvalue weighted by Crippen LogP contribution is 2.43. The van der Waals surface area contributed by atoms with E-state index in [1.807, 2.05) is 0 Å². The van der Waals surface area contributed by atoms with Crippen molar-refractivity contribution in [3.8, 4) is 11.8 Å². The van der Waals surface area contributed by atoms with E-state index in [0.29, 0.717) is 42.1 Å². The predicted molar refractivity (Wildman–Crippen MR) is 116 cm³/mol. The molecule has 2 aromatic rings. The van der Waals surface area contributed by atoms with Crippen LogP contribution in [0.5, 0.6) is 0 Å². The molecule has 10 heteroatoms. The number of fused-ring (bicyclic) bond motifs is 1. The fourth-order valence-electron chi connectivity index (χ4n) is 4.20. The number of H-pyrrole nitrogens is 1. The normalized spacial score (nSPS) is 27.2. The van der Waals surface area contributed by atoms with E-state index in [-0.39, 0.29) is 21.1 Å². The molecular weight excluding hydrogens is 487 g/mol. The molecule has 4 N–H and O–H groups in total. The van der Waals surface area contributed by atoms with Crippen LogP contribution in [0.1, 0.15) is 31.4 Å². The van der Waals surface area contributed by atoms with E-state index in [0.717, 1.165) is 25.9 Å². The lowest BCUT2D eigenvalue weighted by atomic mass is 9.75. The van der Waals surface area contributed by atoms with Crippen LogP contribution in [0.2, 0.25) is 0 Å². The van der Waals surface area contributed by atoms with Gasteiger partial charge in [-0.15, -0.1) is 0 Å². The van der Waals surface area contributed by atoms with E-state index < -0.39 is 5.60 Å². The molecular formula is C19H23IN6O3. The van der Waals surface area contributed by atoms with Crippen LogP contribution in [0, 0.1) is 17.3 Å². The Morgan fingerprint density at radius 3 is 2.69 bits per heavy atom. The molecule has 0 bridgehead atoms. The molecule has 2 aliphatic heterocycles. The minimum Gasteiger partial charge on any atom is -0.378 e. The molecule has 1 aliphatic carbocycles. The Morgan fingerprint density at radius 1 is 1.34 bits per heavy atom. The van der Waals surface area contributed by atoms with Gasteiger partial charge in [0, 0.05) is 31.6 Å². The second-order valence-electron chi connectivity index (χ2n) is 8.39. The Kier molecular flexibility index (Phi) is 4.43. The van der Waals surface area contributed by atoms with Crippen molar-refractivity contribution in [2.45, 2.75) is 41.4 Å². The standard InChI is InChI=1S/C19H23IN6O3/c1-25-16(27)12-11(2-3-19(28)4-5-19)23-24-15(12)22-17(25)26-8-6-18(7-9-26)10-29-14(20)13(18)21/h13-14,28H,4-10,21H2,1H3,(H,23,24)/t13-,14-/m1/s1. The number of anilines is 1. The van der Waals surface area contributed by atoms with Gasteiger partial charge in [0.25, 0.3) is 5.56 Å². The van der Waals surface area contributed by atoms with Crippen LogP contribution in [0.4, 0.5) is 5.95 Å². The lowest BCUT2D eigenvalue weighted by Gasteiger charge is -2.41. The van der Waals surface area contributed by atoms with Crippen molar-refractivity contribution >= 4 is 39.6 Å². The van der Waals surface area contributed by atoms with Crippen LogP contribution in [0.25, 0.3) is 11.0 Å². The van der Waals surface area contributed by atoms with Gasteiger partial charge in [0.2, 0.25) is 5.95 Å². The van der Waals surface area contributed by atoms with Gasteiger partial charge in [0.05, 0.1) is 6.61 Å². The average Bonchev–Trinajstić information content (AvgIpc) is 3.22. The third-order valence-electron chi connectivity index (χ3n) is 6.48. The second-order valence-corrected chi connectivity index (χ2v) is 9.62. The van der Waals surface area contributed by atoms with Crippen molar-refractivity contribution in [3.63, 3.8) is 0 Å². The van der Waals surface area contributed by atoms with Crippen molar-refractivity contribution in [3.05, 3.63) is 16.0 Å². The average molecular weight is 510 g/mol. The summed E-state index contributed by atoms with van der Waals surface area (Å²) in [6.07, 6.45) is 3.12. The number of alkyl halides is 1. The largest absolute Gasteiger partial charge is 0.378 e. The summed E-state index contributed by atoms with van der Waals surface area (Å²) >= 11 is 2.27. The fourth-order valence-corrected chi connectivity index (χ4v) is 5.14.